The van der Waals surface area contributed by atoms with Crippen LogP contribution in [0, 0.1) is 12.8 Å². The molecule has 0 N–H and O–H groups in total. The summed E-state index contributed by atoms with van der Waals surface area (Å²) < 4.78 is 39.9. The van der Waals surface area contributed by atoms with Crippen molar-refractivity contribution in [2.24, 2.45) is 5.92 Å². The molecule has 0 saturated carbocycles. The van der Waals surface area contributed by atoms with Crippen LogP contribution in [-0.2, 0) is 10.2 Å². The molecule has 1 radical (unpaired) electrons. The predicted molar refractivity (Wildman–Crippen MR) is 59.4 cm³/mol. The Hall–Kier alpha value is -1.32. The topological polar surface area (TPSA) is 17.1 Å². The van der Waals surface area contributed by atoms with Crippen LogP contribution in [0.25, 0.3) is 0 Å². The Bertz CT molecular complexity index is 372. The highest BCUT2D eigenvalue weighted by molar-refractivity contribution is 5.58. The Balaban J connectivity index is 3.42. The number of rotatable bonds is 4. The molecule has 0 saturated heterocycles. The van der Waals surface area contributed by atoms with E-state index in [4.69, 9.17) is 0 Å². The second-order valence-corrected chi connectivity index (χ2v) is 4.01. The summed E-state index contributed by atoms with van der Waals surface area (Å²) in [5.74, 6) is -1.16. The first-order valence-corrected chi connectivity index (χ1v) is 5.27. The summed E-state index contributed by atoms with van der Waals surface area (Å²) >= 11 is 0. The quantitative estimate of drug-likeness (QED) is 0.739. The maximum absolute atomic E-state index is 13.3. The van der Waals surface area contributed by atoms with E-state index < -0.39 is 23.9 Å². The zero-order chi connectivity index (χ0) is 13.1. The average molecular weight is 243 g/mol. The number of halogens is 3. The van der Waals surface area contributed by atoms with Crippen LogP contribution in [-0.4, -0.2) is 12.5 Å². The maximum atomic E-state index is 13.3. The summed E-state index contributed by atoms with van der Waals surface area (Å²) in [6.07, 6.45) is -4.57. The van der Waals surface area contributed by atoms with Gasteiger partial charge in [0.1, 0.15) is 11.7 Å². The second kappa shape index (κ2) is 4.90. The van der Waals surface area contributed by atoms with Crippen LogP contribution in [0.15, 0.2) is 30.3 Å². The molecule has 1 nitrogen and oxygen atoms in total. The summed E-state index contributed by atoms with van der Waals surface area (Å²) in [4.78, 5) is 10.8. The van der Waals surface area contributed by atoms with Crippen LogP contribution in [0.2, 0.25) is 0 Å². The number of aldehydes is 1. The third-order valence-electron chi connectivity index (χ3n) is 3.17. The molecule has 0 aliphatic rings. The summed E-state index contributed by atoms with van der Waals surface area (Å²) in [6.45, 7) is 4.67. The fraction of sp³-hybridized carbons (Fsp3) is 0.385. The number of alkyl halides is 3. The van der Waals surface area contributed by atoms with Gasteiger partial charge in [0.2, 0.25) is 0 Å². The van der Waals surface area contributed by atoms with Gasteiger partial charge in [0.05, 0.1) is 0 Å². The number of hydrogen-bond acceptors (Lipinski definition) is 1. The number of carbonyl (C=O) groups excluding carboxylic acids is 1. The molecule has 0 amide bonds. The largest absolute Gasteiger partial charge is 0.399 e. The van der Waals surface area contributed by atoms with Gasteiger partial charge in [-0.3, -0.25) is 0 Å². The predicted octanol–water partition coefficient (Wildman–Crippen LogP) is 3.55. The Labute approximate surface area is 98.6 Å². The van der Waals surface area contributed by atoms with E-state index in [0.29, 0.717) is 6.29 Å². The van der Waals surface area contributed by atoms with Crippen molar-refractivity contribution in [1.82, 2.24) is 0 Å². The molecule has 0 heterocycles. The van der Waals surface area contributed by atoms with Crippen molar-refractivity contribution < 1.29 is 18.0 Å². The molecule has 1 aromatic rings. The molecule has 17 heavy (non-hydrogen) atoms. The minimum atomic E-state index is -4.50. The molecule has 0 bridgehead atoms. The molecule has 2 atom stereocenters. The van der Waals surface area contributed by atoms with Crippen LogP contribution in [0.4, 0.5) is 13.2 Å². The lowest BCUT2D eigenvalue weighted by atomic mass is 9.69. The van der Waals surface area contributed by atoms with Gasteiger partial charge in [-0.25, -0.2) is 0 Å². The van der Waals surface area contributed by atoms with Gasteiger partial charge in [-0.2, -0.15) is 13.2 Å². The fourth-order valence-electron chi connectivity index (χ4n) is 2.05. The fourth-order valence-corrected chi connectivity index (χ4v) is 2.05. The van der Waals surface area contributed by atoms with E-state index in [1.165, 1.54) is 31.2 Å². The molecule has 4 heteroatoms. The molecule has 0 aromatic heterocycles. The Morgan fingerprint density at radius 1 is 1.29 bits per heavy atom. The van der Waals surface area contributed by atoms with Crippen LogP contribution >= 0.6 is 0 Å². The molecule has 0 aliphatic carbocycles. The van der Waals surface area contributed by atoms with Crippen molar-refractivity contribution in [3.05, 3.63) is 42.8 Å². The molecular weight excluding hydrogens is 229 g/mol. The van der Waals surface area contributed by atoms with E-state index in [9.17, 15) is 18.0 Å². The number of carbonyl (C=O) groups is 1. The first kappa shape index (κ1) is 13.7. The first-order valence-electron chi connectivity index (χ1n) is 5.27. The highest BCUT2D eigenvalue weighted by Gasteiger charge is 2.57. The highest BCUT2D eigenvalue weighted by Crippen LogP contribution is 2.48. The standard InChI is InChI=1S/C13H14F3O/c1-3-12(10(2)9-17,13(14,15)16)11-7-5-4-6-8-11/h4-10H,1,3H2,2H3. The first-order chi connectivity index (χ1) is 7.90. The highest BCUT2D eigenvalue weighted by atomic mass is 19.4. The lowest BCUT2D eigenvalue weighted by molar-refractivity contribution is -0.203. The van der Waals surface area contributed by atoms with Gasteiger partial charge in [0, 0.05) is 5.92 Å². The van der Waals surface area contributed by atoms with Gasteiger partial charge in [0.25, 0.3) is 0 Å². The number of hydrogen-bond donors (Lipinski definition) is 0. The molecule has 1 aromatic carbocycles. The van der Waals surface area contributed by atoms with Crippen molar-refractivity contribution in [1.29, 1.82) is 0 Å². The minimum absolute atomic E-state index is 0.0853. The molecule has 1 rings (SSSR count). The van der Waals surface area contributed by atoms with Crippen LogP contribution in [0.5, 0.6) is 0 Å². The molecule has 0 spiro atoms. The summed E-state index contributed by atoms with van der Waals surface area (Å²) in [5.41, 5.74) is -2.11. The lowest BCUT2D eigenvalue weighted by Gasteiger charge is -2.38. The SMILES string of the molecule is [CH2]CC(c1ccccc1)(C(C)C=O)C(F)(F)F. The van der Waals surface area contributed by atoms with Crippen molar-refractivity contribution in [3.8, 4) is 0 Å². The average Bonchev–Trinajstić information content (AvgIpc) is 2.30. The van der Waals surface area contributed by atoms with Crippen molar-refractivity contribution in [2.75, 3.05) is 0 Å². The van der Waals surface area contributed by atoms with Crippen LogP contribution in [0.1, 0.15) is 18.9 Å². The van der Waals surface area contributed by atoms with E-state index in [1.807, 2.05) is 0 Å². The van der Waals surface area contributed by atoms with Gasteiger partial charge in [-0.05, 0) is 12.0 Å². The van der Waals surface area contributed by atoms with Crippen molar-refractivity contribution in [3.63, 3.8) is 0 Å². The van der Waals surface area contributed by atoms with E-state index in [2.05, 4.69) is 6.92 Å². The molecule has 0 fully saturated rings. The zero-order valence-corrected chi connectivity index (χ0v) is 9.50. The van der Waals surface area contributed by atoms with Crippen LogP contribution in [0.3, 0.4) is 0 Å². The summed E-state index contributed by atoms with van der Waals surface area (Å²) in [5, 5.41) is 0. The minimum Gasteiger partial charge on any atom is -0.303 e. The third-order valence-corrected chi connectivity index (χ3v) is 3.17. The number of benzene rings is 1. The summed E-state index contributed by atoms with van der Waals surface area (Å²) in [7, 11) is 0. The molecule has 0 aliphatic heterocycles. The zero-order valence-electron chi connectivity index (χ0n) is 9.50. The monoisotopic (exact) mass is 243 g/mol. The Morgan fingerprint density at radius 3 is 2.18 bits per heavy atom. The van der Waals surface area contributed by atoms with Gasteiger partial charge < -0.3 is 4.79 Å². The Kier molecular flexibility index (Phi) is 3.96. The van der Waals surface area contributed by atoms with Crippen LogP contribution < -0.4 is 0 Å². The smallest absolute Gasteiger partial charge is 0.303 e. The molecule has 2 unspecified atom stereocenters. The molecular formula is C13H14F3O. The third kappa shape index (κ3) is 2.21. The van der Waals surface area contributed by atoms with Gasteiger partial charge >= 0.3 is 6.18 Å². The second-order valence-electron chi connectivity index (χ2n) is 4.01. The summed E-state index contributed by atoms with van der Waals surface area (Å²) in [6, 6.07) is 7.47. The van der Waals surface area contributed by atoms with Crippen molar-refractivity contribution in [2.45, 2.75) is 24.9 Å². The van der Waals surface area contributed by atoms with Crippen molar-refractivity contribution >= 4 is 6.29 Å². The van der Waals surface area contributed by atoms with Gasteiger partial charge in [-0.15, -0.1) is 0 Å². The maximum Gasteiger partial charge on any atom is 0.399 e. The Morgan fingerprint density at radius 2 is 1.82 bits per heavy atom. The van der Waals surface area contributed by atoms with E-state index >= 15 is 0 Å². The van der Waals surface area contributed by atoms with E-state index in [0.717, 1.165) is 0 Å². The van der Waals surface area contributed by atoms with Gasteiger partial charge in [0.15, 0.2) is 0 Å². The van der Waals surface area contributed by atoms with E-state index in [1.54, 1.807) is 6.07 Å². The molecule has 93 valence electrons. The lowest BCUT2D eigenvalue weighted by Crippen LogP contribution is -2.47. The van der Waals surface area contributed by atoms with E-state index in [-0.39, 0.29) is 5.56 Å². The normalized spacial score (nSPS) is 17.2. The van der Waals surface area contributed by atoms with Gasteiger partial charge in [-0.1, -0.05) is 44.2 Å².